The minimum Gasteiger partial charge on any atom is -0.507 e. The van der Waals surface area contributed by atoms with Crippen LogP contribution in [0.5, 0.6) is 11.5 Å². The van der Waals surface area contributed by atoms with E-state index in [4.69, 9.17) is 13.9 Å². The fraction of sp³-hybridized carbons (Fsp3) is 0.522. The van der Waals surface area contributed by atoms with Crippen molar-refractivity contribution in [2.75, 3.05) is 65.6 Å². The summed E-state index contributed by atoms with van der Waals surface area (Å²) in [6.07, 6.45) is 1.39. The van der Waals surface area contributed by atoms with Crippen LogP contribution in [0.1, 0.15) is 11.1 Å². The number of ether oxygens (including phenoxy) is 2. The Morgan fingerprint density at radius 2 is 1.58 bits per heavy atom. The second-order valence-electron chi connectivity index (χ2n) is 8.04. The van der Waals surface area contributed by atoms with Crippen molar-refractivity contribution < 1.29 is 19.0 Å². The molecule has 0 saturated carbocycles. The van der Waals surface area contributed by atoms with Crippen molar-refractivity contribution in [3.63, 3.8) is 0 Å². The van der Waals surface area contributed by atoms with E-state index in [2.05, 4.69) is 14.7 Å². The molecular weight excluding hydrogens is 398 g/mol. The van der Waals surface area contributed by atoms with E-state index >= 15 is 0 Å². The van der Waals surface area contributed by atoms with E-state index in [0.717, 1.165) is 51.6 Å². The van der Waals surface area contributed by atoms with Crippen molar-refractivity contribution in [2.45, 2.75) is 13.1 Å². The molecule has 0 aliphatic carbocycles. The van der Waals surface area contributed by atoms with Crippen LogP contribution >= 0.6 is 0 Å². The van der Waals surface area contributed by atoms with Gasteiger partial charge in [-0.25, -0.2) is 4.79 Å². The largest absolute Gasteiger partial charge is 0.507 e. The molecule has 0 unspecified atom stereocenters. The first kappa shape index (κ1) is 21.8. The standard InChI is InChI=1S/C23H31N3O5/c27-22-19(16-26-10-13-29-14-11-26)18-31-23(28)21(22)17-25-8-6-24(7-9-25)12-15-30-20-4-2-1-3-5-20/h1-5,18,27H,6-17H2. The molecule has 8 nitrogen and oxygen atoms in total. The van der Waals surface area contributed by atoms with Gasteiger partial charge in [-0.3, -0.25) is 14.7 Å². The Labute approximate surface area is 182 Å². The number of benzene rings is 1. The highest BCUT2D eigenvalue weighted by atomic mass is 16.5. The minimum atomic E-state index is -0.457. The summed E-state index contributed by atoms with van der Waals surface area (Å²) in [6, 6.07) is 9.83. The van der Waals surface area contributed by atoms with E-state index < -0.39 is 5.63 Å². The monoisotopic (exact) mass is 429 g/mol. The Morgan fingerprint density at radius 1 is 0.903 bits per heavy atom. The molecule has 1 aromatic heterocycles. The summed E-state index contributed by atoms with van der Waals surface area (Å²) >= 11 is 0. The van der Waals surface area contributed by atoms with Crippen LogP contribution in [-0.4, -0.2) is 85.4 Å². The van der Waals surface area contributed by atoms with E-state index in [1.807, 2.05) is 30.3 Å². The van der Waals surface area contributed by atoms with E-state index in [9.17, 15) is 9.90 Å². The molecule has 3 heterocycles. The third-order valence-electron chi connectivity index (χ3n) is 5.91. The first-order valence-corrected chi connectivity index (χ1v) is 10.9. The number of hydrogen-bond acceptors (Lipinski definition) is 8. The summed E-state index contributed by atoms with van der Waals surface area (Å²) in [7, 11) is 0. The van der Waals surface area contributed by atoms with Crippen molar-refractivity contribution >= 4 is 0 Å². The lowest BCUT2D eigenvalue weighted by Gasteiger charge is -2.34. The summed E-state index contributed by atoms with van der Waals surface area (Å²) < 4.78 is 16.4. The SMILES string of the molecule is O=c1occ(CN2CCOCC2)c(O)c1CN1CCN(CCOc2ccccc2)CC1. The van der Waals surface area contributed by atoms with Gasteiger partial charge < -0.3 is 19.0 Å². The molecule has 168 valence electrons. The average Bonchev–Trinajstić information content (AvgIpc) is 2.81. The lowest BCUT2D eigenvalue weighted by molar-refractivity contribution is 0.0335. The molecule has 8 heteroatoms. The normalized spacial score (nSPS) is 18.8. The summed E-state index contributed by atoms with van der Waals surface area (Å²) in [5.74, 6) is 0.960. The van der Waals surface area contributed by atoms with Gasteiger partial charge in [0, 0.05) is 64.5 Å². The van der Waals surface area contributed by atoms with E-state index in [-0.39, 0.29) is 5.75 Å². The van der Waals surface area contributed by atoms with E-state index in [1.54, 1.807) is 0 Å². The Morgan fingerprint density at radius 3 is 2.32 bits per heavy atom. The van der Waals surface area contributed by atoms with Gasteiger partial charge in [-0.05, 0) is 12.1 Å². The van der Waals surface area contributed by atoms with Gasteiger partial charge in [0.1, 0.15) is 24.4 Å². The molecule has 1 aromatic carbocycles. The number of aromatic hydroxyl groups is 1. The lowest BCUT2D eigenvalue weighted by atomic mass is 10.1. The fourth-order valence-corrected chi connectivity index (χ4v) is 4.00. The first-order valence-electron chi connectivity index (χ1n) is 10.9. The number of para-hydroxylation sites is 1. The van der Waals surface area contributed by atoms with Crippen LogP contribution in [-0.2, 0) is 17.8 Å². The molecular formula is C23H31N3O5. The molecule has 4 rings (SSSR count). The molecule has 2 aliphatic rings. The molecule has 1 N–H and O–H groups in total. The van der Waals surface area contributed by atoms with Crippen LogP contribution in [0.4, 0.5) is 0 Å². The summed E-state index contributed by atoms with van der Waals surface area (Å²) in [6.45, 7) is 8.93. The van der Waals surface area contributed by atoms with Crippen molar-refractivity contribution in [3.8, 4) is 11.5 Å². The predicted molar refractivity (Wildman–Crippen MR) is 116 cm³/mol. The molecule has 2 saturated heterocycles. The highest BCUT2D eigenvalue weighted by Gasteiger charge is 2.22. The Hall–Kier alpha value is -2.39. The maximum atomic E-state index is 12.3. The Bertz CT molecular complexity index is 875. The maximum Gasteiger partial charge on any atom is 0.343 e. The lowest BCUT2D eigenvalue weighted by Crippen LogP contribution is -2.47. The zero-order chi connectivity index (χ0) is 21.5. The molecule has 2 fully saturated rings. The molecule has 2 aliphatic heterocycles. The van der Waals surface area contributed by atoms with Crippen LogP contribution in [0.3, 0.4) is 0 Å². The summed E-state index contributed by atoms with van der Waals surface area (Å²) in [4.78, 5) is 19.0. The van der Waals surface area contributed by atoms with Gasteiger partial charge >= 0.3 is 5.63 Å². The van der Waals surface area contributed by atoms with E-state index in [0.29, 0.717) is 44.0 Å². The van der Waals surface area contributed by atoms with Crippen LogP contribution in [0.15, 0.2) is 45.8 Å². The van der Waals surface area contributed by atoms with Gasteiger partial charge in [0.25, 0.3) is 0 Å². The third-order valence-corrected chi connectivity index (χ3v) is 5.91. The zero-order valence-electron chi connectivity index (χ0n) is 17.9. The van der Waals surface area contributed by atoms with Crippen molar-refractivity contribution in [1.29, 1.82) is 0 Å². The molecule has 0 radical (unpaired) electrons. The quantitative estimate of drug-likeness (QED) is 0.674. The van der Waals surface area contributed by atoms with Crippen molar-refractivity contribution in [1.82, 2.24) is 14.7 Å². The molecule has 0 amide bonds. The average molecular weight is 430 g/mol. The topological polar surface area (TPSA) is 78.6 Å². The second-order valence-corrected chi connectivity index (χ2v) is 8.04. The third kappa shape index (κ3) is 6.07. The number of morpholine rings is 1. The molecule has 0 atom stereocenters. The van der Waals surface area contributed by atoms with E-state index in [1.165, 1.54) is 6.26 Å². The molecule has 31 heavy (non-hydrogen) atoms. The van der Waals surface area contributed by atoms with Gasteiger partial charge in [-0.1, -0.05) is 18.2 Å². The minimum absolute atomic E-state index is 0.0708. The van der Waals surface area contributed by atoms with Crippen molar-refractivity contribution in [3.05, 3.63) is 58.1 Å². The van der Waals surface area contributed by atoms with Crippen LogP contribution < -0.4 is 10.4 Å². The molecule has 0 bridgehead atoms. The van der Waals surface area contributed by atoms with Gasteiger partial charge in [-0.2, -0.15) is 0 Å². The predicted octanol–water partition coefficient (Wildman–Crippen LogP) is 1.37. The molecule has 0 spiro atoms. The Kier molecular flexibility index (Phi) is 7.58. The molecule has 2 aromatic rings. The number of nitrogens with zero attached hydrogens (tertiary/aromatic N) is 3. The van der Waals surface area contributed by atoms with Gasteiger partial charge in [0.05, 0.1) is 18.8 Å². The van der Waals surface area contributed by atoms with Gasteiger partial charge in [0.15, 0.2) is 0 Å². The smallest absolute Gasteiger partial charge is 0.343 e. The number of hydrogen-bond donors (Lipinski definition) is 1. The first-order chi connectivity index (χ1) is 15.2. The van der Waals surface area contributed by atoms with Crippen LogP contribution in [0.2, 0.25) is 0 Å². The van der Waals surface area contributed by atoms with Gasteiger partial charge in [-0.15, -0.1) is 0 Å². The number of piperazine rings is 1. The maximum absolute atomic E-state index is 12.3. The Balaban J connectivity index is 1.26. The fourth-order valence-electron chi connectivity index (χ4n) is 4.00. The highest BCUT2D eigenvalue weighted by Crippen LogP contribution is 2.23. The van der Waals surface area contributed by atoms with Crippen LogP contribution in [0, 0.1) is 0 Å². The number of rotatable bonds is 8. The van der Waals surface area contributed by atoms with Crippen molar-refractivity contribution in [2.24, 2.45) is 0 Å². The van der Waals surface area contributed by atoms with Gasteiger partial charge in [0.2, 0.25) is 0 Å². The summed E-state index contributed by atoms with van der Waals surface area (Å²) in [5.41, 5.74) is 0.557. The zero-order valence-corrected chi connectivity index (χ0v) is 17.9. The second kappa shape index (κ2) is 10.8. The van der Waals surface area contributed by atoms with Crippen LogP contribution in [0.25, 0.3) is 0 Å². The highest BCUT2D eigenvalue weighted by molar-refractivity contribution is 5.36. The summed E-state index contributed by atoms with van der Waals surface area (Å²) in [5, 5.41) is 10.7.